The Balaban J connectivity index is 1.62. The smallest absolute Gasteiger partial charge is 0.243 e. The summed E-state index contributed by atoms with van der Waals surface area (Å²) < 4.78 is 40.1. The van der Waals surface area contributed by atoms with Crippen molar-refractivity contribution in [1.82, 2.24) is 4.31 Å². The van der Waals surface area contributed by atoms with Crippen molar-refractivity contribution in [2.24, 2.45) is 5.92 Å². The Labute approximate surface area is 159 Å². The molecule has 1 amide bonds. The van der Waals surface area contributed by atoms with Crippen LogP contribution in [0.5, 0.6) is 0 Å². The molecule has 0 aliphatic carbocycles. The molecule has 0 atom stereocenters. The zero-order chi connectivity index (χ0) is 19.6. The van der Waals surface area contributed by atoms with Gasteiger partial charge in [-0.3, -0.25) is 4.79 Å². The molecule has 0 aromatic heterocycles. The Kier molecular flexibility index (Phi) is 5.62. The summed E-state index contributed by atoms with van der Waals surface area (Å²) in [5.41, 5.74) is 2.24. The molecule has 27 heavy (non-hydrogen) atoms. The van der Waals surface area contributed by atoms with Crippen molar-refractivity contribution in [3.63, 3.8) is 0 Å². The van der Waals surface area contributed by atoms with Crippen LogP contribution in [-0.4, -0.2) is 31.7 Å². The molecule has 0 spiro atoms. The second kappa shape index (κ2) is 7.78. The second-order valence-electron chi connectivity index (χ2n) is 6.94. The number of benzene rings is 2. The zero-order valence-electron chi connectivity index (χ0n) is 15.4. The normalized spacial score (nSPS) is 16.3. The summed E-state index contributed by atoms with van der Waals surface area (Å²) in [5.74, 6) is -0.767. The molecule has 2 aromatic carbocycles. The van der Waals surface area contributed by atoms with E-state index in [1.165, 1.54) is 16.4 Å². The van der Waals surface area contributed by atoms with Crippen molar-refractivity contribution >= 4 is 21.6 Å². The van der Waals surface area contributed by atoms with Crippen LogP contribution in [0, 0.1) is 25.6 Å². The highest BCUT2D eigenvalue weighted by atomic mass is 32.2. The van der Waals surface area contributed by atoms with Gasteiger partial charge in [-0.2, -0.15) is 4.31 Å². The van der Waals surface area contributed by atoms with E-state index < -0.39 is 10.0 Å². The van der Waals surface area contributed by atoms with Gasteiger partial charge in [-0.25, -0.2) is 12.8 Å². The van der Waals surface area contributed by atoms with Gasteiger partial charge in [0.25, 0.3) is 0 Å². The molecule has 1 aliphatic heterocycles. The molecule has 1 heterocycles. The first-order valence-corrected chi connectivity index (χ1v) is 10.4. The molecule has 5 nitrogen and oxygen atoms in total. The number of hydrogen-bond acceptors (Lipinski definition) is 3. The van der Waals surface area contributed by atoms with Gasteiger partial charge in [0.2, 0.25) is 15.9 Å². The summed E-state index contributed by atoms with van der Waals surface area (Å²) in [6, 6.07) is 11.0. The first kappa shape index (κ1) is 19.5. The van der Waals surface area contributed by atoms with Gasteiger partial charge in [0, 0.05) is 24.7 Å². The highest BCUT2D eigenvalue weighted by molar-refractivity contribution is 7.89. The van der Waals surface area contributed by atoms with Crippen molar-refractivity contribution in [3.05, 3.63) is 59.4 Å². The van der Waals surface area contributed by atoms with Gasteiger partial charge in [-0.05, 0) is 62.6 Å². The number of carbonyl (C=O) groups is 1. The molecule has 0 radical (unpaired) electrons. The van der Waals surface area contributed by atoms with Crippen molar-refractivity contribution in [1.29, 1.82) is 0 Å². The summed E-state index contributed by atoms with van der Waals surface area (Å²) in [5, 5.41) is 2.83. The van der Waals surface area contributed by atoms with Gasteiger partial charge in [0.1, 0.15) is 5.82 Å². The molecule has 7 heteroatoms. The average molecular weight is 390 g/mol. The topological polar surface area (TPSA) is 66.5 Å². The number of sulfonamides is 1. The molecule has 1 saturated heterocycles. The van der Waals surface area contributed by atoms with Crippen molar-refractivity contribution in [2.75, 3.05) is 18.4 Å². The Hall–Kier alpha value is -2.25. The highest BCUT2D eigenvalue weighted by Crippen LogP contribution is 2.25. The van der Waals surface area contributed by atoms with Crippen LogP contribution in [0.15, 0.2) is 47.4 Å². The third-order valence-corrected chi connectivity index (χ3v) is 6.84. The number of amides is 1. The van der Waals surface area contributed by atoms with Gasteiger partial charge in [-0.15, -0.1) is 0 Å². The molecular formula is C20H23FN2O3S. The summed E-state index contributed by atoms with van der Waals surface area (Å²) in [6.45, 7) is 4.24. The largest absolute Gasteiger partial charge is 0.326 e. The second-order valence-corrected chi connectivity index (χ2v) is 8.88. The van der Waals surface area contributed by atoms with E-state index in [1.807, 2.05) is 6.92 Å². The third-order valence-electron chi connectivity index (χ3n) is 4.93. The van der Waals surface area contributed by atoms with E-state index in [9.17, 15) is 17.6 Å². The fourth-order valence-electron chi connectivity index (χ4n) is 3.22. The first-order chi connectivity index (χ1) is 12.8. The van der Waals surface area contributed by atoms with E-state index in [4.69, 9.17) is 0 Å². The molecular weight excluding hydrogens is 367 g/mol. The monoisotopic (exact) mass is 390 g/mol. The minimum atomic E-state index is -3.54. The van der Waals surface area contributed by atoms with Gasteiger partial charge in [0.05, 0.1) is 4.90 Å². The van der Waals surface area contributed by atoms with E-state index in [-0.39, 0.29) is 22.5 Å². The Morgan fingerprint density at radius 3 is 2.30 bits per heavy atom. The predicted octanol–water partition coefficient (Wildman–Crippen LogP) is 3.48. The van der Waals surface area contributed by atoms with E-state index >= 15 is 0 Å². The number of rotatable bonds is 4. The predicted molar refractivity (Wildman–Crippen MR) is 102 cm³/mol. The van der Waals surface area contributed by atoms with Crippen molar-refractivity contribution in [2.45, 2.75) is 31.6 Å². The molecule has 144 valence electrons. The van der Waals surface area contributed by atoms with Crippen LogP contribution in [-0.2, 0) is 14.8 Å². The maximum absolute atomic E-state index is 13.2. The van der Waals surface area contributed by atoms with Crippen LogP contribution < -0.4 is 5.32 Å². The molecule has 0 bridgehead atoms. The summed E-state index contributed by atoms with van der Waals surface area (Å²) in [7, 11) is -3.54. The minimum Gasteiger partial charge on any atom is -0.326 e. The molecule has 1 N–H and O–H groups in total. The lowest BCUT2D eigenvalue weighted by Gasteiger charge is -2.30. The Bertz CT molecular complexity index is 934. The quantitative estimate of drug-likeness (QED) is 0.869. The molecule has 0 saturated carbocycles. The summed E-state index contributed by atoms with van der Waals surface area (Å²) in [4.78, 5) is 12.8. The summed E-state index contributed by atoms with van der Waals surface area (Å²) in [6.07, 6.45) is 0.911. The van der Waals surface area contributed by atoms with Crippen LogP contribution in [0.2, 0.25) is 0 Å². The van der Waals surface area contributed by atoms with Crippen LogP contribution in [0.3, 0.4) is 0 Å². The third kappa shape index (κ3) is 4.36. The number of carbonyl (C=O) groups excluding carboxylic acids is 1. The van der Waals surface area contributed by atoms with E-state index in [1.54, 1.807) is 37.3 Å². The van der Waals surface area contributed by atoms with E-state index in [2.05, 4.69) is 5.32 Å². The SMILES string of the molecule is Cc1ccc(S(=O)(=O)N2CCC(C(=O)Nc3ccc(F)cc3C)CC2)cc1. The number of piperidine rings is 1. The number of anilines is 1. The lowest BCUT2D eigenvalue weighted by Crippen LogP contribution is -2.41. The molecule has 0 unspecified atom stereocenters. The molecule has 2 aromatic rings. The van der Waals surface area contributed by atoms with Crippen LogP contribution in [0.4, 0.5) is 10.1 Å². The zero-order valence-corrected chi connectivity index (χ0v) is 16.2. The summed E-state index contributed by atoms with van der Waals surface area (Å²) >= 11 is 0. The standard InChI is InChI=1S/C20H23FN2O3S/c1-14-3-6-18(7-4-14)27(25,26)23-11-9-16(10-12-23)20(24)22-19-8-5-17(21)13-15(19)2/h3-8,13,16H,9-12H2,1-2H3,(H,22,24). The van der Waals surface area contributed by atoms with Gasteiger partial charge in [-0.1, -0.05) is 17.7 Å². The molecule has 3 rings (SSSR count). The fourth-order valence-corrected chi connectivity index (χ4v) is 4.69. The van der Waals surface area contributed by atoms with Crippen molar-refractivity contribution in [3.8, 4) is 0 Å². The van der Waals surface area contributed by atoms with Gasteiger partial charge < -0.3 is 5.32 Å². The Morgan fingerprint density at radius 2 is 1.70 bits per heavy atom. The van der Waals surface area contributed by atoms with Crippen molar-refractivity contribution < 1.29 is 17.6 Å². The van der Waals surface area contributed by atoms with Gasteiger partial charge in [0.15, 0.2) is 0 Å². The van der Waals surface area contributed by atoms with E-state index in [0.717, 1.165) is 5.56 Å². The molecule has 1 fully saturated rings. The van der Waals surface area contributed by atoms with Crippen LogP contribution in [0.25, 0.3) is 0 Å². The highest BCUT2D eigenvalue weighted by Gasteiger charge is 2.32. The molecule has 1 aliphatic rings. The number of nitrogens with one attached hydrogen (secondary N) is 1. The average Bonchev–Trinajstić information content (AvgIpc) is 2.64. The lowest BCUT2D eigenvalue weighted by molar-refractivity contribution is -0.120. The fraction of sp³-hybridized carbons (Fsp3) is 0.350. The first-order valence-electron chi connectivity index (χ1n) is 8.91. The van der Waals surface area contributed by atoms with Crippen LogP contribution >= 0.6 is 0 Å². The van der Waals surface area contributed by atoms with Gasteiger partial charge >= 0.3 is 0 Å². The maximum atomic E-state index is 13.2. The van der Waals surface area contributed by atoms with E-state index in [0.29, 0.717) is 37.2 Å². The van der Waals surface area contributed by atoms with Crippen LogP contribution in [0.1, 0.15) is 24.0 Å². The number of halogens is 1. The number of aryl methyl sites for hydroxylation is 2. The number of nitrogens with zero attached hydrogens (tertiary/aromatic N) is 1. The lowest BCUT2D eigenvalue weighted by atomic mass is 9.97. The number of hydrogen-bond donors (Lipinski definition) is 1. The Morgan fingerprint density at radius 1 is 1.07 bits per heavy atom. The maximum Gasteiger partial charge on any atom is 0.243 e. The minimum absolute atomic E-state index is 0.155.